The fourth-order valence-electron chi connectivity index (χ4n) is 4.95. The third-order valence-electron chi connectivity index (χ3n) is 7.77. The van der Waals surface area contributed by atoms with E-state index in [1.54, 1.807) is 0 Å². The Morgan fingerprint density at radius 1 is 0.381 bits per heavy atom. The summed E-state index contributed by atoms with van der Waals surface area (Å²) in [5.41, 5.74) is 8.09. The molecule has 0 aliphatic heterocycles. The first kappa shape index (κ1) is 37.5. The van der Waals surface area contributed by atoms with Crippen molar-refractivity contribution in [2.24, 2.45) is 0 Å². The predicted molar refractivity (Wildman–Crippen MR) is 200 cm³/mol. The topological polar surface area (TPSA) is 0 Å². The van der Waals surface area contributed by atoms with E-state index in [0.717, 1.165) is 16.4 Å². The second-order valence-corrected chi connectivity index (χ2v) is 21.7. The molecule has 0 heterocycles. The van der Waals surface area contributed by atoms with E-state index < -0.39 is 0 Å². The van der Waals surface area contributed by atoms with Crippen molar-refractivity contribution < 1.29 is 0 Å². The summed E-state index contributed by atoms with van der Waals surface area (Å²) in [6.45, 7) is 41.4. The van der Waals surface area contributed by atoms with Gasteiger partial charge in [-0.2, -0.15) is 0 Å². The van der Waals surface area contributed by atoms with Crippen LogP contribution in [-0.4, -0.2) is 9.51 Å². The summed E-state index contributed by atoms with van der Waals surface area (Å²) in [5, 5.41) is 2.58. The Bertz CT molecular complexity index is 1190. The number of rotatable bonds is 3. The van der Waals surface area contributed by atoms with Crippen LogP contribution in [0.1, 0.15) is 158 Å². The van der Waals surface area contributed by atoms with E-state index in [4.69, 9.17) is 23.2 Å². The zero-order valence-electron chi connectivity index (χ0n) is 30.0. The fourth-order valence-corrected chi connectivity index (χ4v) is 8.67. The molecule has 42 heavy (non-hydrogen) atoms. The molecule has 0 unspecified atom stereocenters. The summed E-state index contributed by atoms with van der Waals surface area (Å²) in [6.07, 6.45) is 0. The second-order valence-electron chi connectivity index (χ2n) is 18.1. The Kier molecular flexibility index (Phi) is 11.0. The molecule has 0 bridgehead atoms. The van der Waals surface area contributed by atoms with Crippen LogP contribution in [0.5, 0.6) is 0 Å². The normalized spacial score (nSPS) is 15.0. The minimum absolute atomic E-state index is 0.0352. The molecule has 0 saturated heterocycles. The number of hydrogen-bond acceptors (Lipinski definition) is 0. The molecular formula is C38H58Cl2P2. The lowest BCUT2D eigenvalue weighted by molar-refractivity contribution is 0.553. The van der Waals surface area contributed by atoms with Gasteiger partial charge in [0.2, 0.25) is 0 Å². The molecular weight excluding hydrogens is 589 g/mol. The first-order chi connectivity index (χ1) is 18.5. The van der Waals surface area contributed by atoms with E-state index in [-0.39, 0.29) is 32.5 Å². The summed E-state index contributed by atoms with van der Waals surface area (Å²) in [6, 6.07) is 9.64. The van der Waals surface area contributed by atoms with Crippen LogP contribution >= 0.6 is 39.6 Å². The highest BCUT2D eigenvalue weighted by molar-refractivity contribution is 7.68. The Morgan fingerprint density at radius 2 is 0.571 bits per heavy atom. The third-order valence-corrected chi connectivity index (χ3v) is 11.4. The summed E-state index contributed by atoms with van der Waals surface area (Å²) < 4.78 is 1.41. The molecule has 0 radical (unpaired) electrons. The zero-order chi connectivity index (χ0) is 33.0. The van der Waals surface area contributed by atoms with Crippen molar-refractivity contribution in [2.45, 2.75) is 157 Å². The number of benzene rings is 2. The molecule has 0 spiro atoms. The highest BCUT2D eigenvalue weighted by Crippen LogP contribution is 2.38. The van der Waals surface area contributed by atoms with Gasteiger partial charge in [0.1, 0.15) is 0 Å². The van der Waals surface area contributed by atoms with E-state index >= 15 is 0 Å². The zero-order valence-corrected chi connectivity index (χ0v) is 33.3. The van der Waals surface area contributed by atoms with Gasteiger partial charge in [0.05, 0.1) is 9.51 Å². The van der Waals surface area contributed by atoms with Crippen LogP contribution in [0.3, 0.4) is 0 Å². The highest BCUT2D eigenvalue weighted by Gasteiger charge is 2.31. The van der Waals surface area contributed by atoms with E-state index in [2.05, 4.69) is 149 Å². The van der Waals surface area contributed by atoms with Gasteiger partial charge in [-0.25, -0.2) is 0 Å². The maximum Gasteiger partial charge on any atom is 0.0914 e. The molecule has 0 aliphatic rings. The van der Waals surface area contributed by atoms with Gasteiger partial charge in [-0.15, -0.1) is 0 Å². The van der Waals surface area contributed by atoms with Gasteiger partial charge < -0.3 is 0 Å². The highest BCUT2D eigenvalue weighted by atomic mass is 35.5. The summed E-state index contributed by atoms with van der Waals surface area (Å²) in [4.78, 5) is 0. The van der Waals surface area contributed by atoms with E-state index in [9.17, 15) is 0 Å². The lowest BCUT2D eigenvalue weighted by Crippen LogP contribution is -2.30. The van der Waals surface area contributed by atoms with Gasteiger partial charge in [-0.05, 0) is 82.3 Å². The Balaban J connectivity index is 3.00. The minimum Gasteiger partial charge on any atom is -0.0769 e. The van der Waals surface area contributed by atoms with Crippen LogP contribution in [0, 0.1) is 0 Å². The van der Waals surface area contributed by atoms with Crippen LogP contribution in [0.15, 0.2) is 24.3 Å². The van der Waals surface area contributed by atoms with Crippen molar-refractivity contribution in [1.29, 1.82) is 0 Å². The van der Waals surface area contributed by atoms with Crippen LogP contribution in [0.25, 0.3) is 0 Å². The average molecular weight is 648 g/mol. The molecule has 0 fully saturated rings. The third kappa shape index (κ3) is 9.20. The summed E-state index contributed by atoms with van der Waals surface area (Å²) in [5.74, 6) is 0. The summed E-state index contributed by atoms with van der Waals surface area (Å²) in [7, 11) is 1.93. The molecule has 0 aromatic heterocycles. The van der Waals surface area contributed by atoms with Crippen molar-refractivity contribution in [3.63, 3.8) is 0 Å². The lowest BCUT2D eigenvalue weighted by atomic mass is 9.75. The molecule has 4 heteroatoms. The molecule has 2 aromatic carbocycles. The first-order valence-corrected chi connectivity index (χ1v) is 17.9. The molecule has 0 nitrogen and oxygen atoms in total. The number of halogens is 2. The predicted octanol–water partition coefficient (Wildman–Crippen LogP) is 12.1. The number of hydrogen-bond donors (Lipinski definition) is 0. The van der Waals surface area contributed by atoms with Crippen molar-refractivity contribution in [3.05, 3.63) is 57.6 Å². The van der Waals surface area contributed by atoms with E-state index in [1.807, 2.05) is 0 Å². The molecule has 2 rings (SSSR count). The van der Waals surface area contributed by atoms with Crippen molar-refractivity contribution in [1.82, 2.24) is 0 Å². The first-order valence-electron chi connectivity index (χ1n) is 15.3. The van der Waals surface area contributed by atoms with Gasteiger partial charge in [0, 0.05) is 10.6 Å². The molecule has 0 N–H and O–H groups in total. The maximum atomic E-state index is 7.26. The van der Waals surface area contributed by atoms with Gasteiger partial charge in [-0.3, -0.25) is 0 Å². The van der Waals surface area contributed by atoms with E-state index in [0.29, 0.717) is 9.51 Å². The van der Waals surface area contributed by atoms with Gasteiger partial charge in [0.15, 0.2) is 0 Å². The largest absolute Gasteiger partial charge is 0.0914 e. The van der Waals surface area contributed by atoms with Gasteiger partial charge in [-0.1, -0.05) is 172 Å². The van der Waals surface area contributed by atoms with Crippen molar-refractivity contribution >= 4 is 59.7 Å². The Morgan fingerprint density at radius 3 is 0.714 bits per heavy atom. The average Bonchev–Trinajstić information content (AvgIpc) is 2.74. The smallest absolute Gasteiger partial charge is 0.0769 e. The molecule has 0 saturated carbocycles. The van der Waals surface area contributed by atoms with E-state index in [1.165, 1.54) is 44.0 Å². The second kappa shape index (κ2) is 12.3. The van der Waals surface area contributed by atoms with Gasteiger partial charge in [0.25, 0.3) is 0 Å². The van der Waals surface area contributed by atoms with Crippen LogP contribution in [0.2, 0.25) is 0 Å². The Labute approximate surface area is 273 Å². The van der Waals surface area contributed by atoms with Crippen LogP contribution in [-0.2, 0) is 32.5 Å². The fraction of sp³-hybridized carbons (Fsp3) is 0.632. The molecule has 0 amide bonds. The molecule has 0 aliphatic carbocycles. The molecule has 2 aromatic rings. The van der Waals surface area contributed by atoms with Gasteiger partial charge >= 0.3 is 0 Å². The minimum atomic E-state index is -0.0352. The molecule has 234 valence electrons. The maximum absolute atomic E-state index is 7.26. The standard InChI is InChI=1S/C38H58Cl2P2/c1-33(2,3)23-19-25(35(7,8)9)29(26(20-23)36(10,11)12)41-31(39)32(40)42-30-27(37(13,14)15)21-24(34(4,5)6)22-28(30)38(16,17)18/h19-22H,1-18H3. The Hall–Kier alpha value is -0.640. The van der Waals surface area contributed by atoms with Crippen molar-refractivity contribution in [3.8, 4) is 0 Å². The van der Waals surface area contributed by atoms with Crippen LogP contribution in [0.4, 0.5) is 0 Å². The lowest BCUT2D eigenvalue weighted by Gasteiger charge is -2.33. The monoisotopic (exact) mass is 646 g/mol. The van der Waals surface area contributed by atoms with Crippen LogP contribution < -0.4 is 10.6 Å². The summed E-state index contributed by atoms with van der Waals surface area (Å²) >= 11 is 14.5. The molecule has 0 atom stereocenters. The van der Waals surface area contributed by atoms with Crippen molar-refractivity contribution in [2.75, 3.05) is 0 Å². The SMILES string of the molecule is CC(C)(C)c1cc(C(C)(C)C)c(P=C(Cl)C(Cl)=Pc2c(C(C)(C)C)cc(C(C)(C)C)cc2C(C)(C)C)c(C(C)(C)C)c1. The quantitative estimate of drug-likeness (QED) is 0.291.